The number of benzene rings is 2. The molecule has 0 aliphatic carbocycles. The van der Waals surface area contributed by atoms with Crippen molar-refractivity contribution in [1.29, 1.82) is 0 Å². The van der Waals surface area contributed by atoms with Gasteiger partial charge in [0.2, 0.25) is 0 Å². The molecule has 124 valence electrons. The molecule has 1 aliphatic rings. The zero-order chi connectivity index (χ0) is 17.1. The van der Waals surface area contributed by atoms with Gasteiger partial charge in [-0.3, -0.25) is 9.99 Å². The van der Waals surface area contributed by atoms with Crippen LogP contribution in [0.1, 0.15) is 23.7 Å². The van der Waals surface area contributed by atoms with Crippen molar-refractivity contribution in [3.8, 4) is 5.75 Å². The number of ether oxygens (including phenoxy) is 1. The second-order valence-electron chi connectivity index (χ2n) is 5.93. The first-order valence-corrected chi connectivity index (χ1v) is 8.32. The lowest BCUT2D eigenvalue weighted by molar-refractivity contribution is 0.414. The Morgan fingerprint density at radius 3 is 2.36 bits per heavy atom. The van der Waals surface area contributed by atoms with E-state index in [9.17, 15) is 0 Å². The van der Waals surface area contributed by atoms with Crippen LogP contribution in [-0.2, 0) is 0 Å². The number of rotatable bonds is 4. The lowest BCUT2D eigenvalue weighted by atomic mass is 10.00. The van der Waals surface area contributed by atoms with Crippen molar-refractivity contribution in [2.24, 2.45) is 5.10 Å². The Balaban J connectivity index is 1.72. The molecule has 0 N–H and O–H groups in total. The first-order valence-electron chi connectivity index (χ1n) is 8.32. The third-order valence-corrected chi connectivity index (χ3v) is 4.39. The van der Waals surface area contributed by atoms with Gasteiger partial charge in [0.1, 0.15) is 5.75 Å². The maximum atomic E-state index is 5.28. The van der Waals surface area contributed by atoms with E-state index >= 15 is 0 Å². The Bertz CT molecular complexity index is 861. The molecule has 25 heavy (non-hydrogen) atoms. The average molecular weight is 329 g/mol. The summed E-state index contributed by atoms with van der Waals surface area (Å²) < 4.78 is 5.28. The monoisotopic (exact) mass is 329 g/mol. The van der Waals surface area contributed by atoms with Gasteiger partial charge in [0.25, 0.3) is 0 Å². The van der Waals surface area contributed by atoms with Crippen LogP contribution in [0.2, 0.25) is 0 Å². The molecule has 2 aromatic carbocycles. The van der Waals surface area contributed by atoms with Gasteiger partial charge in [0.05, 0.1) is 30.2 Å². The van der Waals surface area contributed by atoms with E-state index in [1.165, 1.54) is 5.56 Å². The van der Waals surface area contributed by atoms with Gasteiger partial charge in [-0.2, -0.15) is 5.10 Å². The van der Waals surface area contributed by atoms with Crippen LogP contribution in [0, 0.1) is 0 Å². The van der Waals surface area contributed by atoms with E-state index in [0.29, 0.717) is 0 Å². The van der Waals surface area contributed by atoms with Crippen LogP contribution < -0.4 is 9.75 Å². The zero-order valence-corrected chi connectivity index (χ0v) is 14.0. The van der Waals surface area contributed by atoms with Crippen molar-refractivity contribution in [3.63, 3.8) is 0 Å². The quantitative estimate of drug-likeness (QED) is 0.710. The maximum Gasteiger partial charge on any atom is 0.118 e. The molecule has 1 aromatic heterocycles. The van der Waals surface area contributed by atoms with Gasteiger partial charge in [-0.25, -0.2) is 0 Å². The van der Waals surface area contributed by atoms with Crippen LogP contribution in [0.5, 0.6) is 5.75 Å². The largest absolute Gasteiger partial charge is 0.497 e. The molecule has 0 saturated carbocycles. The van der Waals surface area contributed by atoms with Gasteiger partial charge in [-0.15, -0.1) is 0 Å². The van der Waals surface area contributed by atoms with Gasteiger partial charge in [0.15, 0.2) is 0 Å². The van der Waals surface area contributed by atoms with Crippen LogP contribution in [0.25, 0.3) is 0 Å². The minimum atomic E-state index is 0.144. The Hall–Kier alpha value is -3.14. The fraction of sp³-hybridized carbons (Fsp3) is 0.143. The Morgan fingerprint density at radius 2 is 1.68 bits per heavy atom. The molecule has 4 heteroatoms. The summed E-state index contributed by atoms with van der Waals surface area (Å²) in [6.45, 7) is 0. The van der Waals surface area contributed by atoms with Gasteiger partial charge in [0, 0.05) is 12.6 Å². The molecule has 1 aliphatic heterocycles. The molecule has 4 rings (SSSR count). The molecule has 0 unspecified atom stereocenters. The number of anilines is 1. The zero-order valence-electron chi connectivity index (χ0n) is 14.0. The lowest BCUT2D eigenvalue weighted by Gasteiger charge is -2.24. The number of nitrogens with zero attached hydrogens (tertiary/aromatic N) is 3. The third kappa shape index (κ3) is 3.11. The van der Waals surface area contributed by atoms with E-state index in [-0.39, 0.29) is 6.04 Å². The van der Waals surface area contributed by atoms with E-state index in [2.05, 4.69) is 34.3 Å². The topological polar surface area (TPSA) is 37.7 Å². The fourth-order valence-corrected chi connectivity index (χ4v) is 3.10. The summed E-state index contributed by atoms with van der Waals surface area (Å²) in [5.41, 5.74) is 4.22. The first-order chi connectivity index (χ1) is 12.3. The van der Waals surface area contributed by atoms with Crippen molar-refractivity contribution in [2.75, 3.05) is 12.1 Å². The van der Waals surface area contributed by atoms with Gasteiger partial charge in [-0.05, 0) is 42.0 Å². The summed E-state index contributed by atoms with van der Waals surface area (Å²) in [6, 6.07) is 24.6. The Kier molecular flexibility index (Phi) is 4.17. The van der Waals surface area contributed by atoms with Gasteiger partial charge >= 0.3 is 0 Å². The molecule has 0 amide bonds. The molecular formula is C21H19N3O. The number of pyridine rings is 1. The predicted molar refractivity (Wildman–Crippen MR) is 100 cm³/mol. The van der Waals surface area contributed by atoms with Crippen molar-refractivity contribution in [3.05, 3.63) is 90.3 Å². The second-order valence-corrected chi connectivity index (χ2v) is 5.93. The molecule has 4 nitrogen and oxygen atoms in total. The highest BCUT2D eigenvalue weighted by atomic mass is 16.5. The highest BCUT2D eigenvalue weighted by molar-refractivity contribution is 6.01. The summed E-state index contributed by atoms with van der Waals surface area (Å²) in [6.07, 6.45) is 2.63. The number of methoxy groups -OCH3 is 1. The van der Waals surface area contributed by atoms with Crippen LogP contribution in [0.15, 0.2) is 84.1 Å². The van der Waals surface area contributed by atoms with E-state index in [1.54, 1.807) is 7.11 Å². The molecule has 0 spiro atoms. The Labute approximate surface area is 147 Å². The van der Waals surface area contributed by atoms with E-state index in [4.69, 9.17) is 9.84 Å². The summed E-state index contributed by atoms with van der Waals surface area (Å²) in [5.74, 6) is 0.860. The van der Waals surface area contributed by atoms with Crippen molar-refractivity contribution < 1.29 is 4.74 Å². The van der Waals surface area contributed by atoms with E-state index in [0.717, 1.165) is 29.3 Å². The summed E-state index contributed by atoms with van der Waals surface area (Å²) >= 11 is 0. The average Bonchev–Trinajstić information content (AvgIpc) is 3.15. The van der Waals surface area contributed by atoms with Crippen LogP contribution in [0.4, 0.5) is 5.69 Å². The standard InChI is InChI=1S/C21H19N3O/c1-25-18-12-10-16(11-13-18)21-15-20(19-9-5-6-14-22-19)23-24(21)17-7-3-2-4-8-17/h2-14,21H,15H2,1H3/t21-/m1/s1. The molecular weight excluding hydrogens is 310 g/mol. The smallest absolute Gasteiger partial charge is 0.118 e. The number of aromatic nitrogens is 1. The molecule has 1 atom stereocenters. The van der Waals surface area contributed by atoms with Crippen LogP contribution in [0.3, 0.4) is 0 Å². The molecule has 2 heterocycles. The maximum absolute atomic E-state index is 5.28. The molecule has 0 radical (unpaired) electrons. The number of para-hydroxylation sites is 1. The Morgan fingerprint density at radius 1 is 0.920 bits per heavy atom. The predicted octanol–water partition coefficient (Wildman–Crippen LogP) is 4.45. The number of hydrazone groups is 1. The van der Waals surface area contributed by atoms with E-state index in [1.807, 2.05) is 54.7 Å². The van der Waals surface area contributed by atoms with Crippen molar-refractivity contribution >= 4 is 11.4 Å². The van der Waals surface area contributed by atoms with Gasteiger partial charge < -0.3 is 4.74 Å². The minimum absolute atomic E-state index is 0.144. The summed E-state index contributed by atoms with van der Waals surface area (Å²) in [4.78, 5) is 4.47. The second kappa shape index (κ2) is 6.77. The molecule has 0 bridgehead atoms. The lowest BCUT2D eigenvalue weighted by Crippen LogP contribution is -2.18. The third-order valence-electron chi connectivity index (χ3n) is 4.39. The molecule has 0 saturated heterocycles. The van der Waals surface area contributed by atoms with Crippen molar-refractivity contribution in [1.82, 2.24) is 4.98 Å². The SMILES string of the molecule is COc1ccc([C@H]2CC(c3ccccn3)=NN2c2ccccc2)cc1. The summed E-state index contributed by atoms with van der Waals surface area (Å²) in [5, 5.41) is 6.97. The van der Waals surface area contributed by atoms with E-state index < -0.39 is 0 Å². The fourth-order valence-electron chi connectivity index (χ4n) is 3.10. The van der Waals surface area contributed by atoms with Gasteiger partial charge in [-0.1, -0.05) is 36.4 Å². The highest BCUT2D eigenvalue weighted by Crippen LogP contribution is 2.36. The normalized spacial score (nSPS) is 16.6. The first kappa shape index (κ1) is 15.4. The van der Waals surface area contributed by atoms with Crippen LogP contribution in [-0.4, -0.2) is 17.8 Å². The number of hydrogen-bond acceptors (Lipinski definition) is 4. The molecule has 3 aromatic rings. The molecule has 0 fully saturated rings. The summed E-state index contributed by atoms with van der Waals surface area (Å²) in [7, 11) is 1.68. The number of hydrogen-bond donors (Lipinski definition) is 0. The van der Waals surface area contributed by atoms with Crippen LogP contribution >= 0.6 is 0 Å². The minimum Gasteiger partial charge on any atom is -0.497 e. The van der Waals surface area contributed by atoms with Crippen molar-refractivity contribution in [2.45, 2.75) is 12.5 Å². The highest BCUT2D eigenvalue weighted by Gasteiger charge is 2.30.